The number of anilines is 1. The Bertz CT molecular complexity index is 799. The summed E-state index contributed by atoms with van der Waals surface area (Å²) in [5, 5.41) is 4.62. The number of nitrogens with one attached hydrogen (secondary N) is 2. The molecule has 2 N–H and O–H groups in total. The summed E-state index contributed by atoms with van der Waals surface area (Å²) in [5.74, 6) is 0.690. The molecule has 4 rings (SSSR count). The van der Waals surface area contributed by atoms with E-state index in [9.17, 15) is 0 Å². The molecule has 3 aromatic rings. The molecule has 4 nitrogen and oxygen atoms in total. The average Bonchev–Trinajstić information content (AvgIpc) is 2.86. The van der Waals surface area contributed by atoms with E-state index in [0.29, 0.717) is 5.95 Å². The van der Waals surface area contributed by atoms with Gasteiger partial charge in [0.15, 0.2) is 0 Å². The molecule has 0 saturated heterocycles. The normalized spacial score (nSPS) is 16.5. The molecule has 0 unspecified atom stereocenters. The van der Waals surface area contributed by atoms with Gasteiger partial charge in [-0.15, -0.1) is 0 Å². The van der Waals surface area contributed by atoms with Gasteiger partial charge in [-0.25, -0.2) is 10.4 Å². The number of rotatable bonds is 2. The number of para-hydroxylation sites is 2. The fourth-order valence-corrected chi connectivity index (χ4v) is 3.00. The van der Waals surface area contributed by atoms with Gasteiger partial charge in [-0.05, 0) is 43.4 Å². The fraction of sp³-hybridized carbons (Fsp3) is 0.222. The number of aryl methyl sites for hydroxylation is 1. The monoisotopic (exact) mass is 290 g/mol. The number of hydrogen-bond acceptors (Lipinski definition) is 3. The number of imidazole rings is 1. The van der Waals surface area contributed by atoms with Crippen molar-refractivity contribution < 1.29 is 0 Å². The zero-order valence-electron chi connectivity index (χ0n) is 12.3. The second-order valence-corrected chi connectivity index (χ2v) is 5.64. The van der Waals surface area contributed by atoms with E-state index in [-0.39, 0.29) is 0 Å². The Kier molecular flexibility index (Phi) is 3.35. The van der Waals surface area contributed by atoms with E-state index in [1.54, 1.807) is 0 Å². The van der Waals surface area contributed by atoms with Crippen LogP contribution >= 0.6 is 0 Å². The van der Waals surface area contributed by atoms with Crippen LogP contribution in [0.25, 0.3) is 11.0 Å². The Labute approximate surface area is 129 Å². The Hall–Kier alpha value is -2.62. The lowest BCUT2D eigenvalue weighted by Crippen LogP contribution is -2.05. The maximum absolute atomic E-state index is 4.62. The molecule has 0 radical (unpaired) electrons. The van der Waals surface area contributed by atoms with E-state index in [1.807, 2.05) is 24.3 Å². The lowest BCUT2D eigenvalue weighted by atomic mass is 10.0. The molecule has 1 aromatic heterocycles. The molecule has 1 heterocycles. The molecule has 0 aliphatic heterocycles. The first-order valence-electron chi connectivity index (χ1n) is 7.76. The molecule has 4 heteroatoms. The molecular weight excluding hydrogens is 272 g/mol. The first-order valence-corrected chi connectivity index (χ1v) is 7.76. The predicted octanol–water partition coefficient (Wildman–Crippen LogP) is 4.11. The molecule has 0 atom stereocenters. The second-order valence-electron chi connectivity index (χ2n) is 5.64. The smallest absolute Gasteiger partial charge is 0.222 e. The molecule has 0 amide bonds. The van der Waals surface area contributed by atoms with Crippen LogP contribution in [-0.4, -0.2) is 15.7 Å². The van der Waals surface area contributed by atoms with Crippen LogP contribution in [0.1, 0.15) is 30.4 Å². The first kappa shape index (κ1) is 13.1. The summed E-state index contributed by atoms with van der Waals surface area (Å²) in [6.45, 7) is 0. The van der Waals surface area contributed by atoms with E-state index >= 15 is 0 Å². The van der Waals surface area contributed by atoms with Gasteiger partial charge >= 0.3 is 0 Å². The Morgan fingerprint density at radius 2 is 1.77 bits per heavy atom. The molecule has 0 bridgehead atoms. The highest BCUT2D eigenvalue weighted by atomic mass is 15.4. The topological polar surface area (TPSA) is 53.1 Å². The molecule has 1 aliphatic rings. The third kappa shape index (κ3) is 2.48. The van der Waals surface area contributed by atoms with Crippen molar-refractivity contribution in [3.8, 4) is 0 Å². The minimum atomic E-state index is 0.690. The van der Waals surface area contributed by atoms with Crippen LogP contribution in [0.2, 0.25) is 0 Å². The Morgan fingerprint density at radius 1 is 0.955 bits per heavy atom. The van der Waals surface area contributed by atoms with Crippen LogP contribution in [-0.2, 0) is 6.42 Å². The lowest BCUT2D eigenvalue weighted by Gasteiger charge is -2.07. The van der Waals surface area contributed by atoms with Crippen molar-refractivity contribution in [1.82, 2.24) is 9.97 Å². The van der Waals surface area contributed by atoms with Crippen LogP contribution in [0, 0.1) is 0 Å². The highest BCUT2D eigenvalue weighted by Crippen LogP contribution is 2.21. The maximum Gasteiger partial charge on any atom is 0.222 e. The van der Waals surface area contributed by atoms with Crippen LogP contribution < -0.4 is 5.43 Å². The van der Waals surface area contributed by atoms with Gasteiger partial charge in [0.1, 0.15) is 0 Å². The number of hydrazone groups is 1. The molecule has 0 spiro atoms. The molecule has 2 aromatic carbocycles. The van der Waals surface area contributed by atoms with E-state index < -0.39 is 0 Å². The molecule has 22 heavy (non-hydrogen) atoms. The minimum absolute atomic E-state index is 0.690. The Balaban J connectivity index is 1.64. The van der Waals surface area contributed by atoms with Crippen molar-refractivity contribution in [3.63, 3.8) is 0 Å². The maximum atomic E-state index is 4.62. The van der Waals surface area contributed by atoms with Gasteiger partial charge in [0.2, 0.25) is 5.95 Å². The van der Waals surface area contributed by atoms with Crippen molar-refractivity contribution >= 4 is 22.7 Å². The summed E-state index contributed by atoms with van der Waals surface area (Å²) in [5.41, 5.74) is 8.84. The van der Waals surface area contributed by atoms with E-state index in [4.69, 9.17) is 0 Å². The minimum Gasteiger partial charge on any atom is -0.323 e. The van der Waals surface area contributed by atoms with Gasteiger partial charge in [-0.2, -0.15) is 5.10 Å². The number of aromatic amines is 1. The van der Waals surface area contributed by atoms with Crippen molar-refractivity contribution in [3.05, 3.63) is 59.7 Å². The van der Waals surface area contributed by atoms with Crippen molar-refractivity contribution in [2.75, 3.05) is 5.43 Å². The number of benzene rings is 2. The standard InChI is InChI=1S/C18H18N4/c1-3-9-14-13(7-1)8-2-4-10-15(14)21-22-18-19-16-11-5-6-12-17(16)20-18/h1,3,5-7,9,11-12H,2,4,8,10H2,(H2,19,20,22). The molecule has 1 aliphatic carbocycles. The van der Waals surface area contributed by atoms with Gasteiger partial charge in [-0.3, -0.25) is 0 Å². The quantitative estimate of drug-likeness (QED) is 0.551. The third-order valence-corrected chi connectivity index (χ3v) is 4.12. The summed E-state index contributed by atoms with van der Waals surface area (Å²) in [6.07, 6.45) is 4.54. The number of hydrogen-bond donors (Lipinski definition) is 2. The van der Waals surface area contributed by atoms with Crippen LogP contribution in [0.15, 0.2) is 53.6 Å². The predicted molar refractivity (Wildman–Crippen MR) is 90.3 cm³/mol. The van der Waals surface area contributed by atoms with Crippen LogP contribution in [0.4, 0.5) is 5.95 Å². The first-order chi connectivity index (χ1) is 10.9. The van der Waals surface area contributed by atoms with Gasteiger partial charge in [0.05, 0.1) is 16.7 Å². The fourth-order valence-electron chi connectivity index (χ4n) is 3.00. The van der Waals surface area contributed by atoms with Crippen molar-refractivity contribution in [2.45, 2.75) is 25.7 Å². The Morgan fingerprint density at radius 3 is 2.73 bits per heavy atom. The molecular formula is C18H18N4. The van der Waals surface area contributed by atoms with Gasteiger partial charge < -0.3 is 4.98 Å². The van der Waals surface area contributed by atoms with Gasteiger partial charge in [-0.1, -0.05) is 36.4 Å². The summed E-state index contributed by atoms with van der Waals surface area (Å²) < 4.78 is 0. The van der Waals surface area contributed by atoms with E-state index in [0.717, 1.165) is 29.6 Å². The van der Waals surface area contributed by atoms with Gasteiger partial charge in [0.25, 0.3) is 0 Å². The summed E-state index contributed by atoms with van der Waals surface area (Å²) >= 11 is 0. The van der Waals surface area contributed by atoms with Crippen LogP contribution in [0.5, 0.6) is 0 Å². The van der Waals surface area contributed by atoms with Gasteiger partial charge in [0, 0.05) is 5.56 Å². The SMILES string of the molecule is c1ccc2c(c1)CCCCC2=NNc1nc2ccccc2[nH]1. The zero-order chi connectivity index (χ0) is 14.8. The van der Waals surface area contributed by atoms with E-state index in [1.165, 1.54) is 24.0 Å². The highest BCUT2D eigenvalue weighted by molar-refractivity contribution is 6.02. The summed E-state index contributed by atoms with van der Waals surface area (Å²) in [6, 6.07) is 16.6. The van der Waals surface area contributed by atoms with E-state index in [2.05, 4.69) is 44.8 Å². The van der Waals surface area contributed by atoms with Crippen molar-refractivity contribution in [1.29, 1.82) is 0 Å². The summed E-state index contributed by atoms with van der Waals surface area (Å²) in [7, 11) is 0. The average molecular weight is 290 g/mol. The number of fused-ring (bicyclic) bond motifs is 2. The highest BCUT2D eigenvalue weighted by Gasteiger charge is 2.13. The molecule has 0 fully saturated rings. The number of H-pyrrole nitrogens is 1. The third-order valence-electron chi connectivity index (χ3n) is 4.12. The lowest BCUT2D eigenvalue weighted by molar-refractivity contribution is 0.775. The number of nitrogens with zero attached hydrogens (tertiary/aromatic N) is 2. The largest absolute Gasteiger partial charge is 0.323 e. The molecule has 0 saturated carbocycles. The zero-order valence-corrected chi connectivity index (χ0v) is 12.3. The van der Waals surface area contributed by atoms with Crippen molar-refractivity contribution in [2.24, 2.45) is 5.10 Å². The molecule has 110 valence electrons. The second kappa shape index (κ2) is 5.64. The number of aromatic nitrogens is 2. The van der Waals surface area contributed by atoms with Crippen LogP contribution in [0.3, 0.4) is 0 Å². The summed E-state index contributed by atoms with van der Waals surface area (Å²) in [4.78, 5) is 7.75.